The molecule has 4 nitrogen and oxygen atoms in total. The van der Waals surface area contributed by atoms with E-state index >= 15 is 0 Å². The largest absolute Gasteiger partial charge is 0.342 e. The van der Waals surface area contributed by atoms with Crippen LogP contribution in [0.3, 0.4) is 0 Å². The molecule has 1 aliphatic carbocycles. The van der Waals surface area contributed by atoms with Crippen LogP contribution in [0.5, 0.6) is 0 Å². The molecule has 0 saturated carbocycles. The molecule has 3 aromatic rings. The van der Waals surface area contributed by atoms with Crippen molar-refractivity contribution in [1.82, 2.24) is 10.2 Å². The summed E-state index contributed by atoms with van der Waals surface area (Å²) in [7, 11) is 0. The Morgan fingerprint density at radius 2 is 1.97 bits per heavy atom. The minimum atomic E-state index is -0.0653. The molecule has 0 fully saturated rings. The topological polar surface area (TPSA) is 57.8 Å². The Labute approximate surface area is 175 Å². The molecule has 2 aromatic heterocycles. The number of aryl methyl sites for hydroxylation is 1. The molecule has 2 aliphatic rings. The van der Waals surface area contributed by atoms with E-state index in [1.165, 1.54) is 10.4 Å². The molecule has 5 heteroatoms. The van der Waals surface area contributed by atoms with Crippen LogP contribution < -0.4 is 5.32 Å². The molecule has 2 N–H and O–H groups in total. The number of hydrogen-bond donors (Lipinski definition) is 2. The lowest BCUT2D eigenvalue weighted by atomic mass is 9.70. The van der Waals surface area contributed by atoms with Crippen LogP contribution in [0, 0.1) is 5.41 Å². The number of ketones is 1. The molecular weight excluding hydrogens is 378 g/mol. The molecule has 148 valence electrons. The summed E-state index contributed by atoms with van der Waals surface area (Å²) in [5, 5.41) is 13.5. The highest BCUT2D eigenvalue weighted by Crippen LogP contribution is 2.51. The predicted octanol–water partition coefficient (Wildman–Crippen LogP) is 5.90. The van der Waals surface area contributed by atoms with Crippen molar-refractivity contribution in [3.05, 3.63) is 69.1 Å². The van der Waals surface area contributed by atoms with E-state index in [9.17, 15) is 4.79 Å². The molecule has 1 aromatic carbocycles. The van der Waals surface area contributed by atoms with Crippen molar-refractivity contribution < 1.29 is 4.79 Å². The van der Waals surface area contributed by atoms with Crippen molar-refractivity contribution >= 4 is 22.9 Å². The number of carbonyl (C=O) groups excluding carboxylic acids is 1. The number of rotatable bonds is 3. The van der Waals surface area contributed by atoms with Gasteiger partial charge in [-0.2, -0.15) is 5.10 Å². The highest BCUT2D eigenvalue weighted by atomic mass is 32.1. The first kappa shape index (κ1) is 18.4. The standard InChI is InChI=1S/C24H25N3OS/c1-4-14-7-9-15(10-8-14)22-21-20(18-6-5-11-29-18)19-16(25-23(21)27-26-22)12-24(2,3)13-17(19)28/h5-11,20H,4,12-13H2,1-3H3,(H2,25,26,27). The Kier molecular flexibility index (Phi) is 4.24. The van der Waals surface area contributed by atoms with Crippen LogP contribution in [0.4, 0.5) is 5.82 Å². The second kappa shape index (κ2) is 6.70. The van der Waals surface area contributed by atoms with Crippen molar-refractivity contribution in [2.24, 2.45) is 5.41 Å². The molecule has 0 saturated heterocycles. The zero-order valence-corrected chi connectivity index (χ0v) is 17.8. The Hall–Kier alpha value is -2.66. The lowest BCUT2D eigenvalue weighted by Gasteiger charge is -2.37. The van der Waals surface area contributed by atoms with Crippen LogP contribution in [0.1, 0.15) is 55.5 Å². The SMILES string of the molecule is CCc1ccc(-c2[nH]nc3c2C(c2cccs2)C2=C(CC(C)(C)CC2=O)N3)cc1. The van der Waals surface area contributed by atoms with Gasteiger partial charge in [0.15, 0.2) is 11.6 Å². The highest BCUT2D eigenvalue weighted by Gasteiger charge is 2.43. The van der Waals surface area contributed by atoms with Gasteiger partial charge in [-0.15, -0.1) is 11.3 Å². The minimum absolute atomic E-state index is 0.0322. The molecule has 0 bridgehead atoms. The second-order valence-corrected chi connectivity index (χ2v) is 9.80. The van der Waals surface area contributed by atoms with Gasteiger partial charge in [0.05, 0.1) is 11.6 Å². The Balaban J connectivity index is 1.69. The Morgan fingerprint density at radius 1 is 1.17 bits per heavy atom. The van der Waals surface area contributed by atoms with Gasteiger partial charge in [0.25, 0.3) is 0 Å². The third-order valence-electron chi connectivity index (χ3n) is 6.05. The van der Waals surface area contributed by atoms with E-state index in [4.69, 9.17) is 0 Å². The number of allylic oxidation sites excluding steroid dienone is 2. The molecule has 0 amide bonds. The number of nitrogens with zero attached hydrogens (tertiary/aromatic N) is 1. The summed E-state index contributed by atoms with van der Waals surface area (Å²) in [6.45, 7) is 6.49. The third-order valence-corrected chi connectivity index (χ3v) is 6.99. The normalized spacial score (nSPS) is 20.2. The fourth-order valence-corrected chi connectivity index (χ4v) is 5.51. The van der Waals surface area contributed by atoms with Gasteiger partial charge in [-0.1, -0.05) is 51.1 Å². The molecular formula is C24H25N3OS. The van der Waals surface area contributed by atoms with Gasteiger partial charge in [-0.25, -0.2) is 0 Å². The fraction of sp³-hybridized carbons (Fsp3) is 0.333. The van der Waals surface area contributed by atoms with Gasteiger partial charge in [-0.05, 0) is 40.8 Å². The molecule has 5 rings (SSSR count). The number of nitrogens with one attached hydrogen (secondary N) is 2. The van der Waals surface area contributed by atoms with Crippen LogP contribution in [0.2, 0.25) is 0 Å². The van der Waals surface area contributed by atoms with Crippen LogP contribution in [0.15, 0.2) is 53.0 Å². The zero-order chi connectivity index (χ0) is 20.2. The van der Waals surface area contributed by atoms with Crippen molar-refractivity contribution in [1.29, 1.82) is 0 Å². The fourth-order valence-electron chi connectivity index (χ4n) is 4.66. The number of thiophene rings is 1. The summed E-state index contributed by atoms with van der Waals surface area (Å²) >= 11 is 1.71. The maximum Gasteiger partial charge on any atom is 0.162 e. The van der Waals surface area contributed by atoms with E-state index in [0.717, 1.165) is 46.8 Å². The molecule has 29 heavy (non-hydrogen) atoms. The van der Waals surface area contributed by atoms with Gasteiger partial charge in [-0.3, -0.25) is 9.89 Å². The second-order valence-electron chi connectivity index (χ2n) is 8.82. The van der Waals surface area contributed by atoms with Crippen LogP contribution >= 0.6 is 11.3 Å². The van der Waals surface area contributed by atoms with E-state index < -0.39 is 0 Å². The van der Waals surface area contributed by atoms with Gasteiger partial charge in [0.1, 0.15) is 0 Å². The van der Waals surface area contributed by atoms with Crippen LogP contribution in [-0.2, 0) is 11.2 Å². The average molecular weight is 404 g/mol. The number of carbonyl (C=O) groups is 1. The molecule has 3 heterocycles. The maximum atomic E-state index is 13.3. The lowest BCUT2D eigenvalue weighted by molar-refractivity contribution is -0.118. The third kappa shape index (κ3) is 3.04. The number of aromatic nitrogens is 2. The smallest absolute Gasteiger partial charge is 0.162 e. The van der Waals surface area contributed by atoms with Crippen molar-refractivity contribution in [2.45, 2.75) is 46.0 Å². The molecule has 0 radical (unpaired) electrons. The van der Waals surface area contributed by atoms with Gasteiger partial charge in [0, 0.05) is 28.1 Å². The maximum absolute atomic E-state index is 13.3. The summed E-state index contributed by atoms with van der Waals surface area (Å²) in [5.74, 6) is 1.04. The number of fused-ring (bicyclic) bond motifs is 1. The summed E-state index contributed by atoms with van der Waals surface area (Å²) < 4.78 is 0. The van der Waals surface area contributed by atoms with Crippen LogP contribution in [0.25, 0.3) is 11.3 Å². The monoisotopic (exact) mass is 403 g/mol. The molecule has 1 unspecified atom stereocenters. The van der Waals surface area contributed by atoms with Gasteiger partial charge in [0.2, 0.25) is 0 Å². The number of anilines is 1. The van der Waals surface area contributed by atoms with E-state index in [2.05, 4.69) is 78.1 Å². The number of H-pyrrole nitrogens is 1. The molecule has 1 aliphatic heterocycles. The molecule has 0 spiro atoms. The molecule has 1 atom stereocenters. The number of benzene rings is 1. The quantitative estimate of drug-likeness (QED) is 0.572. The number of hydrogen-bond acceptors (Lipinski definition) is 4. The summed E-state index contributed by atoms with van der Waals surface area (Å²) in [6.07, 6.45) is 2.47. The van der Waals surface area contributed by atoms with Crippen LogP contribution in [-0.4, -0.2) is 16.0 Å². The van der Waals surface area contributed by atoms with Gasteiger partial charge < -0.3 is 5.32 Å². The first-order valence-electron chi connectivity index (χ1n) is 10.2. The lowest BCUT2D eigenvalue weighted by Crippen LogP contribution is -2.33. The van der Waals surface area contributed by atoms with Crippen molar-refractivity contribution in [2.75, 3.05) is 5.32 Å². The van der Waals surface area contributed by atoms with E-state index in [-0.39, 0.29) is 17.1 Å². The number of aromatic amines is 1. The van der Waals surface area contributed by atoms with E-state index in [1.54, 1.807) is 11.3 Å². The van der Waals surface area contributed by atoms with E-state index in [0.29, 0.717) is 6.42 Å². The summed E-state index contributed by atoms with van der Waals surface area (Å²) in [6, 6.07) is 12.8. The minimum Gasteiger partial charge on any atom is -0.342 e. The predicted molar refractivity (Wildman–Crippen MR) is 118 cm³/mol. The van der Waals surface area contributed by atoms with Crippen molar-refractivity contribution in [3.8, 4) is 11.3 Å². The van der Waals surface area contributed by atoms with Crippen molar-refractivity contribution in [3.63, 3.8) is 0 Å². The first-order chi connectivity index (χ1) is 14.0. The first-order valence-corrected chi connectivity index (χ1v) is 11.1. The Bertz CT molecular complexity index is 1100. The van der Waals surface area contributed by atoms with Gasteiger partial charge >= 0.3 is 0 Å². The van der Waals surface area contributed by atoms with E-state index in [1.807, 2.05) is 0 Å². The average Bonchev–Trinajstić information content (AvgIpc) is 3.35. The Morgan fingerprint density at radius 3 is 2.66 bits per heavy atom. The summed E-state index contributed by atoms with van der Waals surface area (Å²) in [4.78, 5) is 14.5. The number of Topliss-reactive ketones (excluding diaryl/α,β-unsaturated/α-hetero) is 1. The summed E-state index contributed by atoms with van der Waals surface area (Å²) in [5.41, 5.74) is 6.43. The highest BCUT2D eigenvalue weighted by molar-refractivity contribution is 7.10. The zero-order valence-electron chi connectivity index (χ0n) is 17.0.